The number of methoxy groups -OCH3 is 2. The third-order valence-corrected chi connectivity index (χ3v) is 11.4. The first-order chi connectivity index (χ1) is 29.9. The molecule has 1 aromatic rings. The van der Waals surface area contributed by atoms with E-state index in [1.54, 1.807) is 44.2 Å². The Kier molecular flexibility index (Phi) is 16.0. The quantitative estimate of drug-likeness (QED) is 0.118. The molecule has 7 N–H and O–H groups in total. The van der Waals surface area contributed by atoms with Crippen LogP contribution in [0.2, 0.25) is 0 Å². The van der Waals surface area contributed by atoms with Crippen molar-refractivity contribution < 1.29 is 57.6 Å². The van der Waals surface area contributed by atoms with Crippen LogP contribution in [0.4, 0.5) is 15.3 Å². The van der Waals surface area contributed by atoms with Crippen molar-refractivity contribution in [2.75, 3.05) is 32.7 Å². The Labute approximate surface area is 365 Å². The number of primary amides is 1. The largest absolute Gasteiger partial charge is 0.447 e. The van der Waals surface area contributed by atoms with E-state index in [4.69, 9.17) is 24.7 Å². The first-order valence-corrected chi connectivity index (χ1v) is 20.6. The maximum Gasteiger partial charge on any atom is 0.411 e. The molecule has 0 spiro atoms. The van der Waals surface area contributed by atoms with Gasteiger partial charge in [-0.1, -0.05) is 50.8 Å². The number of nitrogens with zero attached hydrogens (tertiary/aromatic N) is 1. The lowest BCUT2D eigenvalue weighted by molar-refractivity contribution is -0.126. The Morgan fingerprint density at radius 3 is 2.49 bits per heavy atom. The van der Waals surface area contributed by atoms with Gasteiger partial charge in [-0.05, 0) is 63.2 Å². The van der Waals surface area contributed by atoms with Gasteiger partial charge in [-0.3, -0.25) is 29.3 Å². The highest BCUT2D eigenvalue weighted by Crippen LogP contribution is 2.33. The lowest BCUT2D eigenvalue weighted by Gasteiger charge is -2.31. The fourth-order valence-corrected chi connectivity index (χ4v) is 8.03. The van der Waals surface area contributed by atoms with Crippen LogP contribution in [0.15, 0.2) is 89.0 Å². The summed E-state index contributed by atoms with van der Waals surface area (Å²) in [6, 6.07) is 4.18. The van der Waals surface area contributed by atoms with Crippen molar-refractivity contribution in [3.63, 3.8) is 0 Å². The van der Waals surface area contributed by atoms with Gasteiger partial charge < -0.3 is 50.6 Å². The molecular weight excluding hydrogens is 817 g/mol. The van der Waals surface area contributed by atoms with Crippen molar-refractivity contribution in [1.29, 1.82) is 0 Å². The zero-order valence-corrected chi connectivity index (χ0v) is 36.3. The number of Topliss-reactive ketones (excluding diaryl/α,β-unsaturated/α-hetero) is 1. The number of carbonyl (C=O) groups is 7. The molecule has 1 aromatic carbocycles. The summed E-state index contributed by atoms with van der Waals surface area (Å²) >= 11 is 0. The number of hydrogen-bond acceptors (Lipinski definition) is 13. The number of anilines is 1. The summed E-state index contributed by atoms with van der Waals surface area (Å²) in [4.78, 5) is 93.3. The van der Waals surface area contributed by atoms with Crippen LogP contribution >= 0.6 is 0 Å². The molecule has 18 heteroatoms. The maximum absolute atomic E-state index is 14.1. The van der Waals surface area contributed by atoms with Crippen LogP contribution in [0.5, 0.6) is 0 Å². The Balaban J connectivity index is 1.32. The smallest absolute Gasteiger partial charge is 0.411 e. The molecule has 4 aliphatic rings. The van der Waals surface area contributed by atoms with E-state index >= 15 is 0 Å². The minimum absolute atomic E-state index is 0.0328. The van der Waals surface area contributed by atoms with Gasteiger partial charge in [-0.15, -0.1) is 0 Å². The number of fused-ring (bicyclic) bond motifs is 3. The third kappa shape index (κ3) is 11.6. The number of benzene rings is 1. The van der Waals surface area contributed by atoms with Gasteiger partial charge in [0, 0.05) is 73.0 Å². The van der Waals surface area contributed by atoms with E-state index in [1.165, 1.54) is 38.2 Å². The third-order valence-electron chi connectivity index (χ3n) is 11.4. The Hall–Kier alpha value is -6.37. The zero-order valence-electron chi connectivity index (χ0n) is 36.3. The number of nitrogens with one attached hydrogen (secondary N) is 4. The number of ether oxygens (including phenoxy) is 4. The fraction of sp³-hybridized carbons (Fsp3) is 0.444. The molecule has 5 rings (SSSR count). The van der Waals surface area contributed by atoms with E-state index in [9.17, 15) is 38.7 Å². The summed E-state index contributed by atoms with van der Waals surface area (Å²) in [6.07, 6.45) is 3.01. The first-order valence-electron chi connectivity index (χ1n) is 20.6. The topological polar surface area (TPSA) is 254 Å². The van der Waals surface area contributed by atoms with Crippen LogP contribution in [0, 0.1) is 11.8 Å². The number of hydrogen-bond donors (Lipinski definition) is 6. The van der Waals surface area contributed by atoms with Gasteiger partial charge in [-0.25, -0.2) is 9.59 Å². The van der Waals surface area contributed by atoms with Gasteiger partial charge in [-0.2, -0.15) is 0 Å². The lowest BCUT2D eigenvalue weighted by atomic mass is 9.85. The maximum atomic E-state index is 14.1. The summed E-state index contributed by atoms with van der Waals surface area (Å²) in [5, 5.41) is 22.3. The summed E-state index contributed by atoms with van der Waals surface area (Å²) < 4.78 is 22.1. The number of nitrogens with two attached hydrogens (primary N) is 1. The van der Waals surface area contributed by atoms with Crippen LogP contribution in [-0.2, 0) is 44.7 Å². The average molecular weight is 873 g/mol. The van der Waals surface area contributed by atoms with Crippen molar-refractivity contribution in [3.05, 3.63) is 100 Å². The van der Waals surface area contributed by atoms with Crippen LogP contribution in [0.25, 0.3) is 0 Å². The van der Waals surface area contributed by atoms with Crippen LogP contribution in [0.3, 0.4) is 0 Å². The van der Waals surface area contributed by atoms with E-state index in [0.29, 0.717) is 40.9 Å². The van der Waals surface area contributed by atoms with Crippen molar-refractivity contribution in [2.24, 2.45) is 17.6 Å². The Morgan fingerprint density at radius 2 is 1.81 bits per heavy atom. The van der Waals surface area contributed by atoms with Gasteiger partial charge in [0.15, 0.2) is 6.10 Å². The average Bonchev–Trinajstić information content (AvgIpc) is 3.57. The molecule has 7 atom stereocenters. The molecule has 5 amide bonds. The molecule has 338 valence electrons. The molecule has 18 nitrogen and oxygen atoms in total. The molecular formula is C45H56N6O12. The van der Waals surface area contributed by atoms with Gasteiger partial charge in [0.2, 0.25) is 17.5 Å². The van der Waals surface area contributed by atoms with Gasteiger partial charge in [0.25, 0.3) is 11.8 Å². The molecule has 3 heterocycles. The monoisotopic (exact) mass is 872 g/mol. The zero-order chi connectivity index (χ0) is 46.1. The predicted molar refractivity (Wildman–Crippen MR) is 229 cm³/mol. The van der Waals surface area contributed by atoms with Crippen LogP contribution in [0.1, 0.15) is 69.3 Å². The standard InChI is InChI=1S/C45H56N6O12/c1-23-18-29-37(47-16-17-62-45(59)50-31-12-9-11-28-30(31)22-51(43(28)57)33-15-14-27(5)48-42(33)56)34(52)21-32(39(29)54)49-41(55)24(2)10-8-13-35(60-6)40(63-44(46)58)26(4)20-25(3)38(53)36(19-23)61-7/h8-13,20-21,23,25,33,35-36,38,40,47,53H,5,14-19,22H2,1-4,6-7H3,(H2,46,58)(H,48,56)(H,49,55)(H,50,59)/b13-8-,24-10+,26-20+/t23-,25+,33?,35+,36+,38+,40+/m1/s1. The fourth-order valence-electron chi connectivity index (χ4n) is 8.03. The lowest BCUT2D eigenvalue weighted by Crippen LogP contribution is -2.49. The highest BCUT2D eigenvalue weighted by Gasteiger charge is 2.39. The molecule has 0 radical (unpaired) electrons. The van der Waals surface area contributed by atoms with E-state index in [2.05, 4.69) is 27.8 Å². The summed E-state index contributed by atoms with van der Waals surface area (Å²) in [5.41, 5.74) is 7.70. The molecule has 2 bridgehead atoms. The SMILES string of the molecule is C=C1CCC(N2Cc3c(NC(=O)OCCNC4=C5C[C@@H](C)C[C@H](OC)[C@@H](O)[C@@H](C)/C=C(\C)[C@H](OC(N)=O)[C@@H](OC)/C=C\C=C(/C)C(=O)NC(=CC4=O)C5=O)cccc3C2=O)C(=O)N1. The second-order valence-corrected chi connectivity index (χ2v) is 16.0. The van der Waals surface area contributed by atoms with Crippen LogP contribution < -0.4 is 27.0 Å². The Bertz CT molecular complexity index is 2190. The van der Waals surface area contributed by atoms with Crippen molar-refractivity contribution in [1.82, 2.24) is 20.9 Å². The van der Waals surface area contributed by atoms with E-state index in [1.807, 2.05) is 6.92 Å². The molecule has 3 aliphatic heterocycles. The number of allylic oxidation sites excluding steroid dienone is 5. The predicted octanol–water partition coefficient (Wildman–Crippen LogP) is 3.35. The van der Waals surface area contributed by atoms with E-state index in [0.717, 1.165) is 6.08 Å². The van der Waals surface area contributed by atoms with Gasteiger partial charge in [0.1, 0.15) is 18.8 Å². The number of rotatable bonds is 9. The normalized spacial score (nSPS) is 28.4. The molecule has 0 saturated carbocycles. The molecule has 1 fully saturated rings. The number of aliphatic hydroxyl groups excluding tert-OH is 1. The molecule has 1 unspecified atom stereocenters. The molecule has 0 aromatic heterocycles. The number of amides is 5. The Morgan fingerprint density at radius 1 is 1.06 bits per heavy atom. The molecule has 63 heavy (non-hydrogen) atoms. The molecule has 1 saturated heterocycles. The summed E-state index contributed by atoms with van der Waals surface area (Å²) in [5.74, 6) is -3.40. The van der Waals surface area contributed by atoms with E-state index in [-0.39, 0.29) is 72.8 Å². The number of ketones is 2. The highest BCUT2D eigenvalue weighted by atomic mass is 16.6. The van der Waals surface area contributed by atoms with E-state index < -0.39 is 66.0 Å². The second kappa shape index (κ2) is 21.1. The number of carbonyl (C=O) groups excluding carboxylic acids is 7. The summed E-state index contributed by atoms with van der Waals surface area (Å²) in [6.45, 7) is 10.4. The molecule has 1 aliphatic carbocycles. The minimum Gasteiger partial charge on any atom is -0.447 e. The van der Waals surface area contributed by atoms with Crippen molar-refractivity contribution >= 4 is 47.2 Å². The van der Waals surface area contributed by atoms with Gasteiger partial charge >= 0.3 is 12.2 Å². The van der Waals surface area contributed by atoms with Crippen molar-refractivity contribution in [2.45, 2.75) is 90.4 Å². The minimum atomic E-state index is -1.06. The van der Waals surface area contributed by atoms with Crippen LogP contribution in [-0.4, -0.2) is 109 Å². The van der Waals surface area contributed by atoms with Crippen molar-refractivity contribution in [3.8, 4) is 0 Å². The summed E-state index contributed by atoms with van der Waals surface area (Å²) in [7, 11) is 2.85. The second-order valence-electron chi connectivity index (χ2n) is 16.0. The highest BCUT2D eigenvalue weighted by molar-refractivity contribution is 6.23. The first kappa shape index (κ1) is 47.7. The number of piperidine rings is 1. The number of aliphatic hydroxyl groups is 1. The van der Waals surface area contributed by atoms with Gasteiger partial charge in [0.05, 0.1) is 23.6 Å².